The first kappa shape index (κ1) is 11.1. The molecule has 1 rings (SSSR count). The molecule has 0 radical (unpaired) electrons. The molecule has 3 nitrogen and oxygen atoms in total. The van der Waals surface area contributed by atoms with Gasteiger partial charge >= 0.3 is 5.97 Å². The summed E-state index contributed by atoms with van der Waals surface area (Å²) < 4.78 is 18.5. The number of rotatable bonds is 4. The Morgan fingerprint density at radius 3 is 2.93 bits per heavy atom. The van der Waals surface area contributed by atoms with Crippen molar-refractivity contribution in [1.82, 2.24) is 0 Å². The highest BCUT2D eigenvalue weighted by molar-refractivity contribution is 9.10. The van der Waals surface area contributed by atoms with Gasteiger partial charge in [0.05, 0.1) is 6.61 Å². The summed E-state index contributed by atoms with van der Waals surface area (Å²) in [6.07, 6.45) is 0. The monoisotopic (exact) mass is 262 g/mol. The van der Waals surface area contributed by atoms with E-state index in [9.17, 15) is 9.18 Å². The summed E-state index contributed by atoms with van der Waals surface area (Å²) in [7, 11) is 0. The second-order valence-corrected chi connectivity index (χ2v) is 3.54. The van der Waals surface area contributed by atoms with Gasteiger partial charge in [0.25, 0.3) is 0 Å². The number of carboxylic acid groups (broad SMARTS) is 1. The summed E-state index contributed by atoms with van der Waals surface area (Å²) in [6, 6.07) is 4.41. The summed E-state index contributed by atoms with van der Waals surface area (Å²) in [5, 5.41) is 8.29. The Bertz CT molecular complexity index is 341. The quantitative estimate of drug-likeness (QED) is 0.905. The molecule has 0 aliphatic carbocycles. The molecule has 0 fully saturated rings. The summed E-state index contributed by atoms with van der Waals surface area (Å²) >= 11 is 3.18. The van der Waals surface area contributed by atoms with Gasteiger partial charge in [-0.2, -0.15) is 0 Å². The molecule has 0 atom stereocenters. The van der Waals surface area contributed by atoms with Crippen molar-refractivity contribution in [2.24, 2.45) is 0 Å². The highest BCUT2D eigenvalue weighted by atomic mass is 79.9. The zero-order chi connectivity index (χ0) is 10.6. The number of carbonyl (C=O) groups is 1. The minimum atomic E-state index is -1.07. The molecule has 0 saturated heterocycles. The summed E-state index contributed by atoms with van der Waals surface area (Å²) in [6.45, 7) is -0.469. The lowest BCUT2D eigenvalue weighted by molar-refractivity contribution is -0.142. The van der Waals surface area contributed by atoms with E-state index in [4.69, 9.17) is 9.84 Å². The van der Waals surface area contributed by atoms with Crippen LogP contribution in [0.2, 0.25) is 0 Å². The van der Waals surface area contributed by atoms with Crippen LogP contribution in [0.3, 0.4) is 0 Å². The van der Waals surface area contributed by atoms with Crippen LogP contribution in [0.4, 0.5) is 4.39 Å². The molecule has 0 spiro atoms. The smallest absolute Gasteiger partial charge is 0.329 e. The van der Waals surface area contributed by atoms with E-state index in [1.807, 2.05) is 0 Å². The molecule has 5 heteroatoms. The summed E-state index contributed by atoms with van der Waals surface area (Å²) in [5.74, 6) is -1.47. The molecule has 0 bridgehead atoms. The highest BCUT2D eigenvalue weighted by Crippen LogP contribution is 2.16. The molecule has 0 unspecified atom stereocenters. The van der Waals surface area contributed by atoms with Crippen LogP contribution in [0.15, 0.2) is 22.7 Å². The van der Waals surface area contributed by atoms with Crippen LogP contribution in [0.1, 0.15) is 5.56 Å². The molecule has 0 saturated carbocycles. The van der Waals surface area contributed by atoms with Crippen molar-refractivity contribution in [3.63, 3.8) is 0 Å². The Morgan fingerprint density at radius 2 is 2.29 bits per heavy atom. The van der Waals surface area contributed by atoms with Crippen LogP contribution in [0.25, 0.3) is 0 Å². The van der Waals surface area contributed by atoms with Crippen LogP contribution in [-0.4, -0.2) is 17.7 Å². The van der Waals surface area contributed by atoms with Gasteiger partial charge in [-0.25, -0.2) is 9.18 Å². The third-order valence-corrected chi connectivity index (χ3v) is 1.98. The Labute approximate surface area is 88.6 Å². The Morgan fingerprint density at radius 1 is 1.57 bits per heavy atom. The van der Waals surface area contributed by atoms with Crippen LogP contribution >= 0.6 is 15.9 Å². The molecule has 0 aromatic heterocycles. The Kier molecular flexibility index (Phi) is 4.03. The molecule has 0 amide bonds. The van der Waals surface area contributed by atoms with E-state index in [1.54, 1.807) is 12.1 Å². The molecule has 0 aliphatic rings. The standard InChI is InChI=1S/C9H8BrFO3/c10-7-1-2-8(11)6(3-7)4-14-5-9(12)13/h1-3H,4-5H2,(H,12,13). The topological polar surface area (TPSA) is 46.5 Å². The predicted molar refractivity (Wildman–Crippen MR) is 51.4 cm³/mol. The number of hydrogen-bond acceptors (Lipinski definition) is 2. The third-order valence-electron chi connectivity index (χ3n) is 1.49. The van der Waals surface area contributed by atoms with E-state index in [1.165, 1.54) is 6.07 Å². The van der Waals surface area contributed by atoms with Gasteiger partial charge in [0.2, 0.25) is 0 Å². The molecule has 1 aromatic rings. The number of aliphatic carboxylic acids is 1. The van der Waals surface area contributed by atoms with Gasteiger partial charge in [-0.15, -0.1) is 0 Å². The van der Waals surface area contributed by atoms with E-state index in [0.29, 0.717) is 5.56 Å². The molecule has 14 heavy (non-hydrogen) atoms. The van der Waals surface area contributed by atoms with Gasteiger partial charge in [-0.1, -0.05) is 15.9 Å². The number of ether oxygens (including phenoxy) is 1. The van der Waals surface area contributed by atoms with Gasteiger partial charge in [0.1, 0.15) is 12.4 Å². The van der Waals surface area contributed by atoms with E-state index in [-0.39, 0.29) is 6.61 Å². The second-order valence-electron chi connectivity index (χ2n) is 2.62. The van der Waals surface area contributed by atoms with Gasteiger partial charge in [-0.3, -0.25) is 0 Å². The maximum atomic E-state index is 13.0. The van der Waals surface area contributed by atoms with E-state index < -0.39 is 18.4 Å². The molecule has 0 heterocycles. The van der Waals surface area contributed by atoms with Gasteiger partial charge in [0.15, 0.2) is 0 Å². The average molecular weight is 263 g/mol. The number of carboxylic acids is 1. The summed E-state index contributed by atoms with van der Waals surface area (Å²) in [4.78, 5) is 10.1. The zero-order valence-electron chi connectivity index (χ0n) is 7.17. The van der Waals surface area contributed by atoms with Crippen molar-refractivity contribution in [3.8, 4) is 0 Å². The first-order valence-electron chi connectivity index (χ1n) is 3.83. The fourth-order valence-electron chi connectivity index (χ4n) is 0.902. The predicted octanol–water partition coefficient (Wildman–Crippen LogP) is 2.19. The largest absolute Gasteiger partial charge is 0.480 e. The molecule has 1 N–H and O–H groups in total. The minimum absolute atomic E-state index is 0.0441. The first-order chi connectivity index (χ1) is 6.59. The summed E-state index contributed by atoms with van der Waals surface area (Å²) in [5.41, 5.74) is 0.334. The molecule has 76 valence electrons. The lowest BCUT2D eigenvalue weighted by Gasteiger charge is -2.03. The number of hydrogen-bond donors (Lipinski definition) is 1. The van der Waals surface area contributed by atoms with Crippen molar-refractivity contribution in [3.05, 3.63) is 34.1 Å². The minimum Gasteiger partial charge on any atom is -0.480 e. The second kappa shape index (κ2) is 5.07. The third kappa shape index (κ3) is 3.43. The maximum Gasteiger partial charge on any atom is 0.329 e. The Hall–Kier alpha value is -0.940. The van der Waals surface area contributed by atoms with Gasteiger partial charge < -0.3 is 9.84 Å². The van der Waals surface area contributed by atoms with E-state index in [2.05, 4.69) is 15.9 Å². The maximum absolute atomic E-state index is 13.0. The first-order valence-corrected chi connectivity index (χ1v) is 4.62. The Balaban J connectivity index is 2.57. The lowest BCUT2D eigenvalue weighted by atomic mass is 10.2. The highest BCUT2D eigenvalue weighted by Gasteiger charge is 2.04. The fourth-order valence-corrected chi connectivity index (χ4v) is 1.31. The van der Waals surface area contributed by atoms with Crippen LogP contribution in [-0.2, 0) is 16.1 Å². The van der Waals surface area contributed by atoms with Crippen LogP contribution in [0.5, 0.6) is 0 Å². The van der Waals surface area contributed by atoms with E-state index in [0.717, 1.165) is 4.47 Å². The lowest BCUT2D eigenvalue weighted by Crippen LogP contribution is -2.07. The molecular weight excluding hydrogens is 255 g/mol. The van der Waals surface area contributed by atoms with E-state index >= 15 is 0 Å². The number of benzene rings is 1. The molecule has 0 aliphatic heterocycles. The number of halogens is 2. The SMILES string of the molecule is O=C(O)COCc1cc(Br)ccc1F. The van der Waals surface area contributed by atoms with Gasteiger partial charge in [0, 0.05) is 10.0 Å². The fraction of sp³-hybridized carbons (Fsp3) is 0.222. The average Bonchev–Trinajstić information content (AvgIpc) is 2.10. The molecule has 1 aromatic carbocycles. The van der Waals surface area contributed by atoms with Crippen molar-refractivity contribution in [2.45, 2.75) is 6.61 Å². The van der Waals surface area contributed by atoms with Crippen molar-refractivity contribution in [2.75, 3.05) is 6.61 Å². The normalized spacial score (nSPS) is 10.1. The molecular formula is C9H8BrFO3. The van der Waals surface area contributed by atoms with Crippen molar-refractivity contribution in [1.29, 1.82) is 0 Å². The van der Waals surface area contributed by atoms with Crippen LogP contribution < -0.4 is 0 Å². The van der Waals surface area contributed by atoms with Gasteiger partial charge in [-0.05, 0) is 18.2 Å². The van der Waals surface area contributed by atoms with Crippen LogP contribution in [0, 0.1) is 5.82 Å². The van der Waals surface area contributed by atoms with Crippen molar-refractivity contribution >= 4 is 21.9 Å². The van der Waals surface area contributed by atoms with Crippen molar-refractivity contribution < 1.29 is 19.0 Å². The zero-order valence-corrected chi connectivity index (χ0v) is 8.75.